The van der Waals surface area contributed by atoms with E-state index in [-0.39, 0.29) is 11.7 Å². The standard InChI is InChI=1S/C17H17N3O/c1-19-15-5-3-2-4-13(15)14-7-6-12(17(21)16(14)19)10-20-9-8-18-11-20/h2-5,8-9,11-12H,6-7,10H2,1H3. The lowest BCUT2D eigenvalue weighted by atomic mass is 9.85. The van der Waals surface area contributed by atoms with Crippen molar-refractivity contribution >= 4 is 16.7 Å². The van der Waals surface area contributed by atoms with Crippen LogP contribution in [-0.2, 0) is 20.0 Å². The number of para-hydroxylation sites is 1. The van der Waals surface area contributed by atoms with E-state index in [4.69, 9.17) is 0 Å². The molecular weight excluding hydrogens is 262 g/mol. The first kappa shape index (κ1) is 12.4. The molecule has 4 nitrogen and oxygen atoms in total. The third kappa shape index (κ3) is 1.82. The van der Waals surface area contributed by atoms with Gasteiger partial charge in [-0.2, -0.15) is 0 Å². The third-order valence-electron chi connectivity index (χ3n) is 4.55. The Labute approximate surface area is 123 Å². The van der Waals surface area contributed by atoms with Gasteiger partial charge in [0.2, 0.25) is 0 Å². The summed E-state index contributed by atoms with van der Waals surface area (Å²) in [5, 5.41) is 1.23. The molecule has 1 aliphatic carbocycles. The first-order chi connectivity index (χ1) is 10.3. The van der Waals surface area contributed by atoms with Crippen LogP contribution in [0.4, 0.5) is 0 Å². The van der Waals surface area contributed by atoms with Gasteiger partial charge in [-0.3, -0.25) is 4.79 Å². The first-order valence-electron chi connectivity index (χ1n) is 7.32. The van der Waals surface area contributed by atoms with Gasteiger partial charge < -0.3 is 9.13 Å². The lowest BCUT2D eigenvalue weighted by molar-refractivity contribution is 0.0879. The number of ketones is 1. The lowest BCUT2D eigenvalue weighted by Gasteiger charge is -2.22. The quantitative estimate of drug-likeness (QED) is 0.723. The molecule has 0 saturated heterocycles. The zero-order chi connectivity index (χ0) is 14.4. The Morgan fingerprint density at radius 2 is 2.19 bits per heavy atom. The summed E-state index contributed by atoms with van der Waals surface area (Å²) in [4.78, 5) is 16.9. The van der Waals surface area contributed by atoms with Crippen LogP contribution in [0.1, 0.15) is 22.5 Å². The van der Waals surface area contributed by atoms with Crippen LogP contribution in [0.3, 0.4) is 0 Å². The molecule has 1 unspecified atom stereocenters. The number of benzene rings is 1. The summed E-state index contributed by atoms with van der Waals surface area (Å²) < 4.78 is 4.06. The van der Waals surface area contributed by atoms with Gasteiger partial charge in [0.25, 0.3) is 0 Å². The number of Topliss-reactive ketones (excluding diaryl/α,β-unsaturated/α-hetero) is 1. The Kier molecular flexibility index (Phi) is 2.70. The highest BCUT2D eigenvalue weighted by Gasteiger charge is 2.31. The van der Waals surface area contributed by atoms with Crippen LogP contribution in [0, 0.1) is 5.92 Å². The van der Waals surface area contributed by atoms with Crippen molar-refractivity contribution < 1.29 is 4.79 Å². The van der Waals surface area contributed by atoms with E-state index < -0.39 is 0 Å². The van der Waals surface area contributed by atoms with Crippen molar-refractivity contribution in [3.05, 3.63) is 54.2 Å². The molecule has 0 amide bonds. The molecule has 4 rings (SSSR count). The Morgan fingerprint density at radius 3 is 3.00 bits per heavy atom. The molecule has 0 fully saturated rings. The molecule has 0 bridgehead atoms. The molecule has 2 aromatic heterocycles. The molecule has 1 aromatic carbocycles. The van der Waals surface area contributed by atoms with Crippen molar-refractivity contribution in [1.82, 2.24) is 14.1 Å². The van der Waals surface area contributed by atoms with E-state index in [9.17, 15) is 4.79 Å². The van der Waals surface area contributed by atoms with Gasteiger partial charge in [-0.1, -0.05) is 18.2 Å². The monoisotopic (exact) mass is 279 g/mol. The van der Waals surface area contributed by atoms with E-state index in [2.05, 4.69) is 21.7 Å². The molecule has 106 valence electrons. The lowest BCUT2D eigenvalue weighted by Crippen LogP contribution is -2.27. The minimum absolute atomic E-state index is 0.0507. The molecule has 21 heavy (non-hydrogen) atoms. The van der Waals surface area contributed by atoms with E-state index in [0.29, 0.717) is 0 Å². The van der Waals surface area contributed by atoms with Crippen LogP contribution < -0.4 is 0 Å². The predicted molar refractivity (Wildman–Crippen MR) is 81.3 cm³/mol. The molecule has 4 heteroatoms. The summed E-state index contributed by atoms with van der Waals surface area (Å²) >= 11 is 0. The number of rotatable bonds is 2. The molecule has 0 spiro atoms. The number of nitrogens with zero attached hydrogens (tertiary/aromatic N) is 3. The summed E-state index contributed by atoms with van der Waals surface area (Å²) in [5.74, 6) is 0.318. The molecule has 2 heterocycles. The highest BCUT2D eigenvalue weighted by Crippen LogP contribution is 2.34. The minimum atomic E-state index is 0.0507. The second-order valence-corrected chi connectivity index (χ2v) is 5.76. The summed E-state index contributed by atoms with van der Waals surface area (Å²) in [7, 11) is 2.00. The van der Waals surface area contributed by atoms with Crippen LogP contribution >= 0.6 is 0 Å². The van der Waals surface area contributed by atoms with Crippen molar-refractivity contribution in [2.75, 3.05) is 0 Å². The van der Waals surface area contributed by atoms with Crippen molar-refractivity contribution in [3.63, 3.8) is 0 Å². The minimum Gasteiger partial charge on any atom is -0.341 e. The Bertz CT molecular complexity index is 814. The van der Waals surface area contributed by atoms with Gasteiger partial charge in [-0.25, -0.2) is 4.98 Å². The predicted octanol–water partition coefficient (Wildman–Crippen LogP) is 2.82. The summed E-state index contributed by atoms with van der Waals surface area (Å²) in [6.07, 6.45) is 7.35. The van der Waals surface area contributed by atoms with E-state index in [1.54, 1.807) is 12.5 Å². The fraction of sp³-hybridized carbons (Fsp3) is 0.294. The molecule has 1 aliphatic rings. The van der Waals surface area contributed by atoms with Crippen LogP contribution in [-0.4, -0.2) is 19.9 Å². The first-order valence-corrected chi connectivity index (χ1v) is 7.32. The van der Waals surface area contributed by atoms with Gasteiger partial charge in [-0.05, 0) is 24.5 Å². The van der Waals surface area contributed by atoms with E-state index in [1.807, 2.05) is 29.9 Å². The SMILES string of the molecule is Cn1c2c(c3ccccc31)CCC(Cn1ccnc1)C2=O. The number of imidazole rings is 1. The van der Waals surface area contributed by atoms with Gasteiger partial charge in [0.05, 0.1) is 12.0 Å². The Balaban J connectivity index is 1.77. The molecule has 0 radical (unpaired) electrons. The van der Waals surface area contributed by atoms with E-state index in [1.165, 1.54) is 10.9 Å². The van der Waals surface area contributed by atoms with Crippen molar-refractivity contribution in [2.45, 2.75) is 19.4 Å². The number of carbonyl (C=O) groups excluding carboxylic acids is 1. The average molecular weight is 279 g/mol. The largest absolute Gasteiger partial charge is 0.341 e. The molecule has 0 N–H and O–H groups in total. The van der Waals surface area contributed by atoms with Gasteiger partial charge in [-0.15, -0.1) is 0 Å². The maximum Gasteiger partial charge on any atom is 0.184 e. The number of aromatic nitrogens is 3. The molecule has 3 aromatic rings. The molecule has 0 aliphatic heterocycles. The topological polar surface area (TPSA) is 39.8 Å². The average Bonchev–Trinajstić information content (AvgIpc) is 3.10. The summed E-state index contributed by atoms with van der Waals surface area (Å²) in [6, 6.07) is 8.29. The Morgan fingerprint density at radius 1 is 1.33 bits per heavy atom. The van der Waals surface area contributed by atoms with Gasteiger partial charge in [0, 0.05) is 42.8 Å². The second-order valence-electron chi connectivity index (χ2n) is 5.76. The Hall–Kier alpha value is -2.36. The summed E-state index contributed by atoms with van der Waals surface area (Å²) in [5.41, 5.74) is 3.27. The van der Waals surface area contributed by atoms with Crippen LogP contribution in [0.25, 0.3) is 10.9 Å². The number of fused-ring (bicyclic) bond motifs is 3. The number of hydrogen-bond acceptors (Lipinski definition) is 2. The van der Waals surface area contributed by atoms with Crippen LogP contribution in [0.15, 0.2) is 43.0 Å². The molecule has 0 saturated carbocycles. The van der Waals surface area contributed by atoms with E-state index >= 15 is 0 Å². The third-order valence-corrected chi connectivity index (χ3v) is 4.55. The van der Waals surface area contributed by atoms with Crippen LogP contribution in [0.2, 0.25) is 0 Å². The van der Waals surface area contributed by atoms with Crippen molar-refractivity contribution in [1.29, 1.82) is 0 Å². The fourth-order valence-electron chi connectivity index (χ4n) is 3.51. The molecule has 1 atom stereocenters. The maximum absolute atomic E-state index is 12.9. The van der Waals surface area contributed by atoms with Crippen molar-refractivity contribution in [2.24, 2.45) is 13.0 Å². The number of carbonyl (C=O) groups is 1. The number of hydrogen-bond donors (Lipinski definition) is 0. The normalized spacial score (nSPS) is 18.1. The maximum atomic E-state index is 12.9. The zero-order valence-corrected chi connectivity index (χ0v) is 12.0. The van der Waals surface area contributed by atoms with Gasteiger partial charge in [0.15, 0.2) is 5.78 Å². The van der Waals surface area contributed by atoms with Gasteiger partial charge >= 0.3 is 0 Å². The highest BCUT2D eigenvalue weighted by molar-refractivity contribution is 6.05. The number of aryl methyl sites for hydroxylation is 2. The van der Waals surface area contributed by atoms with Crippen LogP contribution in [0.5, 0.6) is 0 Å². The second kappa shape index (κ2) is 4.58. The van der Waals surface area contributed by atoms with Crippen molar-refractivity contribution in [3.8, 4) is 0 Å². The highest BCUT2D eigenvalue weighted by atomic mass is 16.1. The van der Waals surface area contributed by atoms with Gasteiger partial charge in [0.1, 0.15) is 0 Å². The fourth-order valence-corrected chi connectivity index (χ4v) is 3.51. The molecular formula is C17H17N3O. The van der Waals surface area contributed by atoms with E-state index in [0.717, 1.165) is 30.6 Å². The summed E-state index contributed by atoms with van der Waals surface area (Å²) in [6.45, 7) is 0.722. The zero-order valence-electron chi connectivity index (χ0n) is 12.0. The smallest absolute Gasteiger partial charge is 0.184 e.